The van der Waals surface area contributed by atoms with Crippen LogP contribution in [-0.2, 0) is 14.8 Å². The summed E-state index contributed by atoms with van der Waals surface area (Å²) in [6.07, 6.45) is -4.82. The molecule has 1 fully saturated rings. The predicted molar refractivity (Wildman–Crippen MR) is 131 cm³/mol. The van der Waals surface area contributed by atoms with Crippen molar-refractivity contribution in [1.82, 2.24) is 4.98 Å². The van der Waals surface area contributed by atoms with Crippen molar-refractivity contribution in [2.45, 2.75) is 11.4 Å². The Bertz CT molecular complexity index is 1460. The molecule has 2 aromatic carbocycles. The average Bonchev–Trinajstić information content (AvgIpc) is 3.35. The van der Waals surface area contributed by atoms with Crippen LogP contribution in [0.2, 0.25) is 0 Å². The second-order valence-corrected chi connectivity index (χ2v) is 10.3. The van der Waals surface area contributed by atoms with E-state index in [1.54, 1.807) is 4.90 Å². The summed E-state index contributed by atoms with van der Waals surface area (Å²) in [5, 5.41) is 10.4. The van der Waals surface area contributed by atoms with Gasteiger partial charge in [0.1, 0.15) is 11.5 Å². The lowest BCUT2D eigenvalue weighted by Gasteiger charge is -2.34. The smallest absolute Gasteiger partial charge is 0.495 e. The van der Waals surface area contributed by atoms with Crippen molar-refractivity contribution in [1.29, 1.82) is 0 Å². The largest absolute Gasteiger partial charge is 0.573 e. The Morgan fingerprint density at radius 1 is 1.16 bits per heavy atom. The van der Waals surface area contributed by atoms with E-state index in [0.29, 0.717) is 5.69 Å². The van der Waals surface area contributed by atoms with Gasteiger partial charge in [-0.15, -0.1) is 24.5 Å². The van der Waals surface area contributed by atoms with E-state index >= 15 is 0 Å². The second kappa shape index (κ2) is 10.4. The molecule has 0 bridgehead atoms. The molecular formula is C22H19F3N4O7S2. The first-order chi connectivity index (χ1) is 17.9. The molecule has 1 aliphatic rings. The number of aromatic carboxylic acids is 1. The zero-order valence-corrected chi connectivity index (χ0v) is 21.1. The van der Waals surface area contributed by atoms with Gasteiger partial charge in [-0.05, 0) is 42.5 Å². The number of carboxylic acids is 1. The van der Waals surface area contributed by atoms with Crippen LogP contribution in [0.4, 0.5) is 29.7 Å². The lowest BCUT2D eigenvalue weighted by atomic mass is 10.2. The number of piperazine rings is 1. The van der Waals surface area contributed by atoms with Crippen LogP contribution in [0.3, 0.4) is 0 Å². The Morgan fingerprint density at radius 2 is 1.87 bits per heavy atom. The van der Waals surface area contributed by atoms with E-state index in [0.717, 1.165) is 23.5 Å². The molecular weight excluding hydrogens is 553 g/mol. The van der Waals surface area contributed by atoms with Gasteiger partial charge in [-0.1, -0.05) is 0 Å². The Kier molecular flexibility index (Phi) is 7.37. The molecule has 16 heteroatoms. The third kappa shape index (κ3) is 6.08. The molecule has 38 heavy (non-hydrogen) atoms. The number of sulfonamides is 1. The number of carboxylic acid groups (broad SMARTS) is 1. The minimum Gasteiger partial charge on any atom is -0.495 e. The fourth-order valence-corrected chi connectivity index (χ4v) is 5.75. The average molecular weight is 573 g/mol. The minimum atomic E-state index is -4.82. The molecule has 1 saturated heterocycles. The molecule has 0 unspecified atom stereocenters. The van der Waals surface area contributed by atoms with Crippen LogP contribution in [0.15, 0.2) is 52.9 Å². The Morgan fingerprint density at radius 3 is 2.47 bits per heavy atom. The van der Waals surface area contributed by atoms with E-state index in [-0.39, 0.29) is 52.7 Å². The molecule has 202 valence electrons. The van der Waals surface area contributed by atoms with Crippen LogP contribution in [-0.4, -0.2) is 63.5 Å². The molecule has 4 rings (SSSR count). The van der Waals surface area contributed by atoms with Crippen molar-refractivity contribution >= 4 is 49.7 Å². The zero-order chi connectivity index (χ0) is 27.7. The van der Waals surface area contributed by atoms with Gasteiger partial charge < -0.3 is 24.4 Å². The van der Waals surface area contributed by atoms with Crippen molar-refractivity contribution in [3.8, 4) is 11.5 Å². The van der Waals surface area contributed by atoms with Gasteiger partial charge in [0.05, 0.1) is 24.9 Å². The van der Waals surface area contributed by atoms with Gasteiger partial charge in [-0.25, -0.2) is 9.78 Å². The van der Waals surface area contributed by atoms with Crippen LogP contribution >= 0.6 is 11.3 Å². The number of ether oxygens (including phenoxy) is 2. The van der Waals surface area contributed by atoms with E-state index in [1.165, 1.54) is 47.7 Å². The van der Waals surface area contributed by atoms with Crippen molar-refractivity contribution in [2.24, 2.45) is 0 Å². The lowest BCUT2D eigenvalue weighted by molar-refractivity contribution is -0.274. The summed E-state index contributed by atoms with van der Waals surface area (Å²) in [4.78, 5) is 31.0. The van der Waals surface area contributed by atoms with E-state index in [4.69, 9.17) is 9.84 Å². The first-order valence-corrected chi connectivity index (χ1v) is 13.0. The second-order valence-electron chi connectivity index (χ2n) is 7.80. The number of benzene rings is 2. The first kappa shape index (κ1) is 27.0. The van der Waals surface area contributed by atoms with Crippen molar-refractivity contribution in [3.05, 3.63) is 53.4 Å². The number of nitrogens with one attached hydrogen (secondary N) is 1. The number of alkyl halides is 3. The molecule has 0 aliphatic carbocycles. The van der Waals surface area contributed by atoms with Crippen LogP contribution < -0.4 is 24.0 Å². The van der Waals surface area contributed by atoms with Gasteiger partial charge in [0, 0.05) is 24.2 Å². The molecule has 0 spiro atoms. The summed E-state index contributed by atoms with van der Waals surface area (Å²) in [6, 6.07) is 8.55. The van der Waals surface area contributed by atoms with Crippen molar-refractivity contribution in [2.75, 3.05) is 41.3 Å². The van der Waals surface area contributed by atoms with E-state index < -0.39 is 28.1 Å². The summed E-state index contributed by atoms with van der Waals surface area (Å²) >= 11 is 1.01. The molecule has 1 amide bonds. The maximum absolute atomic E-state index is 12.9. The van der Waals surface area contributed by atoms with Crippen LogP contribution in [0.5, 0.6) is 11.5 Å². The Balaban J connectivity index is 1.44. The fraction of sp³-hybridized carbons (Fsp3) is 0.227. The van der Waals surface area contributed by atoms with Gasteiger partial charge in [0.15, 0.2) is 10.2 Å². The number of aromatic nitrogens is 1. The number of nitrogens with zero attached hydrogens (tertiary/aromatic N) is 3. The van der Waals surface area contributed by atoms with Crippen LogP contribution in [0, 0.1) is 0 Å². The summed E-state index contributed by atoms with van der Waals surface area (Å²) in [7, 11) is -2.91. The number of rotatable bonds is 8. The normalized spacial score (nSPS) is 14.4. The molecule has 0 saturated carbocycles. The van der Waals surface area contributed by atoms with Crippen molar-refractivity contribution in [3.63, 3.8) is 0 Å². The minimum absolute atomic E-state index is 0.00338. The molecule has 1 aliphatic heterocycles. The fourth-order valence-electron chi connectivity index (χ4n) is 3.56. The van der Waals surface area contributed by atoms with Gasteiger partial charge in [-0.2, -0.15) is 8.42 Å². The highest BCUT2D eigenvalue weighted by atomic mass is 32.2. The van der Waals surface area contributed by atoms with E-state index in [2.05, 4.69) is 14.4 Å². The van der Waals surface area contributed by atoms with Crippen LogP contribution in [0.25, 0.3) is 0 Å². The predicted octanol–water partition coefficient (Wildman–Crippen LogP) is 3.40. The number of hydrogen-bond acceptors (Lipinski definition) is 9. The number of anilines is 3. The standard InChI is InChI=1S/C22H19F3N4O7S2/c1-35-17-10-13(20(31)32)2-7-16(17)27-38(33,34)18-12-37-21(26-18)28-8-9-29(19(30)11-28)14-3-5-15(6-4-14)36-22(23,24)25/h2-7,10,12,27H,8-9,11H2,1H3,(H,31,32). The molecule has 0 atom stereocenters. The highest BCUT2D eigenvalue weighted by Crippen LogP contribution is 2.31. The summed E-state index contributed by atoms with van der Waals surface area (Å²) in [6.45, 7) is 0.342. The highest BCUT2D eigenvalue weighted by molar-refractivity contribution is 7.92. The third-order valence-electron chi connectivity index (χ3n) is 5.31. The number of carbonyl (C=O) groups excluding carboxylic acids is 1. The van der Waals surface area contributed by atoms with E-state index in [1.807, 2.05) is 0 Å². The number of amides is 1. The van der Waals surface area contributed by atoms with Crippen molar-refractivity contribution < 1.29 is 45.8 Å². The number of methoxy groups -OCH3 is 1. The van der Waals surface area contributed by atoms with Gasteiger partial charge in [-0.3, -0.25) is 9.52 Å². The number of carbonyl (C=O) groups is 2. The van der Waals surface area contributed by atoms with Gasteiger partial charge in [0.2, 0.25) is 5.91 Å². The topological polar surface area (TPSA) is 138 Å². The number of hydrogen-bond donors (Lipinski definition) is 2. The quantitative estimate of drug-likeness (QED) is 0.416. The maximum atomic E-state index is 12.9. The maximum Gasteiger partial charge on any atom is 0.573 e. The molecule has 1 aromatic heterocycles. The number of thiazole rings is 1. The molecule has 3 aromatic rings. The SMILES string of the molecule is COc1cc(C(=O)O)ccc1NS(=O)(=O)c1csc(N2CCN(c3ccc(OC(F)(F)F)cc3)C(=O)C2)n1. The lowest BCUT2D eigenvalue weighted by Crippen LogP contribution is -2.50. The van der Waals surface area contributed by atoms with Gasteiger partial charge in [0.25, 0.3) is 10.0 Å². The Labute approximate surface area is 218 Å². The summed E-state index contributed by atoms with van der Waals surface area (Å²) in [5.41, 5.74) is 0.316. The molecule has 2 N–H and O–H groups in total. The first-order valence-electron chi connectivity index (χ1n) is 10.7. The molecule has 0 radical (unpaired) electrons. The van der Waals surface area contributed by atoms with Gasteiger partial charge >= 0.3 is 12.3 Å². The molecule has 11 nitrogen and oxygen atoms in total. The number of halogens is 3. The monoisotopic (exact) mass is 572 g/mol. The highest BCUT2D eigenvalue weighted by Gasteiger charge is 2.32. The van der Waals surface area contributed by atoms with Crippen LogP contribution in [0.1, 0.15) is 10.4 Å². The Hall–Kier alpha value is -4.05. The zero-order valence-electron chi connectivity index (χ0n) is 19.4. The summed E-state index contributed by atoms with van der Waals surface area (Å²) in [5.74, 6) is -1.97. The molecule has 2 heterocycles. The third-order valence-corrected chi connectivity index (χ3v) is 7.61. The summed E-state index contributed by atoms with van der Waals surface area (Å²) < 4.78 is 74.1. The van der Waals surface area contributed by atoms with E-state index in [9.17, 15) is 31.2 Å².